The molecule has 4 nitrogen and oxygen atoms in total. The average Bonchev–Trinajstić information content (AvgIpc) is 2.94. The number of thiophene rings is 1. The van der Waals surface area contributed by atoms with Crippen molar-refractivity contribution in [2.45, 2.75) is 45.2 Å². The number of rotatable bonds is 6. The maximum Gasteiger partial charge on any atom is 0.230 e. The molecule has 1 amide bonds. The third kappa shape index (κ3) is 4.07. The number of amides is 1. The van der Waals surface area contributed by atoms with E-state index in [2.05, 4.69) is 60.3 Å². The van der Waals surface area contributed by atoms with Gasteiger partial charge < -0.3 is 5.32 Å². The Morgan fingerprint density at radius 3 is 2.65 bits per heavy atom. The summed E-state index contributed by atoms with van der Waals surface area (Å²) in [6, 6.07) is 8.40. The molecule has 6 heteroatoms. The zero-order valence-electron chi connectivity index (χ0n) is 15.5. The van der Waals surface area contributed by atoms with Crippen LogP contribution in [0.15, 0.2) is 35.6 Å². The number of carbonyl (C=O) groups is 1. The van der Waals surface area contributed by atoms with Crippen molar-refractivity contribution in [2.24, 2.45) is 0 Å². The Labute approximate surface area is 162 Å². The van der Waals surface area contributed by atoms with E-state index < -0.39 is 0 Å². The molecule has 0 fully saturated rings. The highest BCUT2D eigenvalue weighted by atomic mass is 32.2. The number of fused-ring (bicyclic) bond motifs is 1. The van der Waals surface area contributed by atoms with Crippen LogP contribution in [0.5, 0.6) is 0 Å². The van der Waals surface area contributed by atoms with Crippen molar-refractivity contribution < 1.29 is 4.79 Å². The van der Waals surface area contributed by atoms with Gasteiger partial charge >= 0.3 is 0 Å². The van der Waals surface area contributed by atoms with Gasteiger partial charge in [-0.1, -0.05) is 43.0 Å². The summed E-state index contributed by atoms with van der Waals surface area (Å²) < 4.78 is 0. The third-order valence-electron chi connectivity index (χ3n) is 4.54. The molecule has 2 heterocycles. The Kier molecular flexibility index (Phi) is 5.94. The zero-order chi connectivity index (χ0) is 18.7. The molecular formula is C20H23N3OS2. The second kappa shape index (κ2) is 8.18. The molecule has 1 N–H and O–H groups in total. The largest absolute Gasteiger partial charge is 0.349 e. The van der Waals surface area contributed by atoms with Crippen LogP contribution in [0, 0.1) is 13.8 Å². The number of benzene rings is 1. The predicted octanol–water partition coefficient (Wildman–Crippen LogP) is 4.84. The van der Waals surface area contributed by atoms with Crippen LogP contribution >= 0.6 is 23.1 Å². The monoisotopic (exact) mass is 385 g/mol. The third-order valence-corrected chi connectivity index (χ3v) is 6.64. The fourth-order valence-electron chi connectivity index (χ4n) is 2.80. The van der Waals surface area contributed by atoms with Gasteiger partial charge in [0, 0.05) is 10.3 Å². The van der Waals surface area contributed by atoms with Crippen molar-refractivity contribution in [2.75, 3.05) is 5.75 Å². The molecule has 3 rings (SSSR count). The molecule has 0 saturated heterocycles. The summed E-state index contributed by atoms with van der Waals surface area (Å²) in [6.45, 7) is 8.33. The van der Waals surface area contributed by atoms with Gasteiger partial charge in [-0.25, -0.2) is 9.97 Å². The number of nitrogens with one attached hydrogen (secondary N) is 1. The molecule has 0 aliphatic heterocycles. The lowest BCUT2D eigenvalue weighted by Gasteiger charge is -2.14. The molecule has 0 saturated carbocycles. The summed E-state index contributed by atoms with van der Waals surface area (Å²) in [5, 5.41) is 5.03. The molecule has 1 aromatic carbocycles. The van der Waals surface area contributed by atoms with E-state index >= 15 is 0 Å². The van der Waals surface area contributed by atoms with E-state index in [1.54, 1.807) is 17.7 Å². The van der Waals surface area contributed by atoms with Crippen LogP contribution in [0.1, 0.15) is 41.5 Å². The van der Waals surface area contributed by atoms with Crippen LogP contribution in [-0.4, -0.2) is 21.6 Å². The molecule has 0 aliphatic rings. The first-order valence-corrected chi connectivity index (χ1v) is 10.5. The molecule has 0 unspecified atom stereocenters. The summed E-state index contributed by atoms with van der Waals surface area (Å²) in [5.41, 5.74) is 3.63. The minimum atomic E-state index is -0.00967. The van der Waals surface area contributed by atoms with Gasteiger partial charge in [-0.05, 0) is 43.9 Å². The van der Waals surface area contributed by atoms with Crippen LogP contribution in [-0.2, 0) is 11.2 Å². The van der Waals surface area contributed by atoms with E-state index in [4.69, 9.17) is 0 Å². The van der Waals surface area contributed by atoms with Crippen molar-refractivity contribution in [3.8, 4) is 0 Å². The summed E-state index contributed by atoms with van der Waals surface area (Å²) in [5.74, 6) is 0.358. The maximum atomic E-state index is 12.4. The molecule has 0 aliphatic carbocycles. The first-order valence-electron chi connectivity index (χ1n) is 8.71. The van der Waals surface area contributed by atoms with E-state index in [-0.39, 0.29) is 11.9 Å². The molecule has 1 atom stereocenters. The van der Waals surface area contributed by atoms with Gasteiger partial charge in [-0.2, -0.15) is 0 Å². The molecule has 0 bridgehead atoms. The Balaban J connectivity index is 1.64. The minimum Gasteiger partial charge on any atom is -0.349 e. The number of hydrogen-bond donors (Lipinski definition) is 1. The summed E-state index contributed by atoms with van der Waals surface area (Å²) in [6.07, 6.45) is 2.60. The molecule has 0 spiro atoms. The molecule has 2 aromatic heterocycles. The van der Waals surface area contributed by atoms with Gasteiger partial charge in [-0.3, -0.25) is 4.79 Å². The van der Waals surface area contributed by atoms with Crippen molar-refractivity contribution in [1.29, 1.82) is 0 Å². The highest BCUT2D eigenvalue weighted by Crippen LogP contribution is 2.34. The van der Waals surface area contributed by atoms with Gasteiger partial charge in [0.2, 0.25) is 5.91 Å². The van der Waals surface area contributed by atoms with E-state index in [0.29, 0.717) is 5.75 Å². The second-order valence-corrected chi connectivity index (χ2v) is 8.48. The second-order valence-electron chi connectivity index (χ2n) is 6.32. The lowest BCUT2D eigenvalue weighted by Crippen LogP contribution is -2.28. The Morgan fingerprint density at radius 2 is 1.96 bits per heavy atom. The molecule has 26 heavy (non-hydrogen) atoms. The number of hydrogen-bond acceptors (Lipinski definition) is 5. The topological polar surface area (TPSA) is 54.9 Å². The van der Waals surface area contributed by atoms with E-state index in [9.17, 15) is 4.79 Å². The molecule has 3 aromatic rings. The Morgan fingerprint density at radius 1 is 1.23 bits per heavy atom. The molecular weight excluding hydrogens is 362 g/mol. The van der Waals surface area contributed by atoms with E-state index in [1.807, 2.05) is 6.92 Å². The number of aromatic nitrogens is 2. The molecule has 136 valence electrons. The standard InChI is InChI=1S/C20H23N3OS2/c1-5-15-6-8-16(9-7-15)13(3)23-17(24)10-25-19-18-12(2)14(4)26-20(18)22-11-21-19/h6-9,11,13H,5,10H2,1-4H3,(H,23,24)/t13-/m0/s1. The number of carbonyl (C=O) groups excluding carboxylic acids is 1. The SMILES string of the molecule is CCc1ccc([C@H](C)NC(=O)CSc2ncnc3sc(C)c(C)c23)cc1. The molecule has 0 radical (unpaired) electrons. The average molecular weight is 386 g/mol. The highest BCUT2D eigenvalue weighted by molar-refractivity contribution is 8.00. The highest BCUT2D eigenvalue weighted by Gasteiger charge is 2.15. The van der Waals surface area contributed by atoms with Crippen molar-refractivity contribution in [1.82, 2.24) is 15.3 Å². The van der Waals surface area contributed by atoms with Crippen LogP contribution in [0.4, 0.5) is 0 Å². The van der Waals surface area contributed by atoms with Crippen LogP contribution in [0.25, 0.3) is 10.2 Å². The van der Waals surface area contributed by atoms with E-state index in [1.165, 1.54) is 27.8 Å². The quantitative estimate of drug-likeness (QED) is 0.487. The van der Waals surface area contributed by atoms with Gasteiger partial charge in [0.05, 0.1) is 11.8 Å². The smallest absolute Gasteiger partial charge is 0.230 e. The maximum absolute atomic E-state index is 12.4. The van der Waals surface area contributed by atoms with Crippen LogP contribution in [0.3, 0.4) is 0 Å². The lowest BCUT2D eigenvalue weighted by molar-refractivity contribution is -0.119. The first kappa shape index (κ1) is 18.9. The minimum absolute atomic E-state index is 0.00967. The van der Waals surface area contributed by atoms with Gasteiger partial charge in [0.15, 0.2) is 0 Å². The van der Waals surface area contributed by atoms with Gasteiger partial charge in [-0.15, -0.1) is 11.3 Å². The van der Waals surface area contributed by atoms with Crippen LogP contribution < -0.4 is 5.32 Å². The zero-order valence-corrected chi connectivity index (χ0v) is 17.1. The Hall–Kier alpha value is -1.92. The number of nitrogens with zero attached hydrogens (tertiary/aromatic N) is 2. The lowest BCUT2D eigenvalue weighted by atomic mass is 10.1. The normalized spacial score (nSPS) is 12.3. The fraction of sp³-hybridized carbons (Fsp3) is 0.350. The van der Waals surface area contributed by atoms with Crippen molar-refractivity contribution >= 4 is 39.2 Å². The first-order chi connectivity index (χ1) is 12.5. The predicted molar refractivity (Wildman–Crippen MR) is 110 cm³/mol. The van der Waals surface area contributed by atoms with E-state index in [0.717, 1.165) is 27.2 Å². The van der Waals surface area contributed by atoms with Crippen molar-refractivity contribution in [3.05, 3.63) is 52.2 Å². The summed E-state index contributed by atoms with van der Waals surface area (Å²) >= 11 is 3.15. The summed E-state index contributed by atoms with van der Waals surface area (Å²) in [7, 11) is 0. The Bertz CT molecular complexity index is 919. The fourth-order valence-corrected chi connectivity index (χ4v) is 4.73. The number of aryl methyl sites for hydroxylation is 3. The van der Waals surface area contributed by atoms with Crippen molar-refractivity contribution in [3.63, 3.8) is 0 Å². The van der Waals surface area contributed by atoms with Gasteiger partial charge in [0.25, 0.3) is 0 Å². The summed E-state index contributed by atoms with van der Waals surface area (Å²) in [4.78, 5) is 23.3. The van der Waals surface area contributed by atoms with Crippen LogP contribution in [0.2, 0.25) is 0 Å². The van der Waals surface area contributed by atoms with Gasteiger partial charge in [0.1, 0.15) is 16.2 Å². The number of thioether (sulfide) groups is 1.